The predicted octanol–water partition coefficient (Wildman–Crippen LogP) is 3.76. The second-order valence-corrected chi connectivity index (χ2v) is 7.14. The average molecular weight is 313 g/mol. The lowest BCUT2D eigenvalue weighted by Gasteiger charge is -2.33. The van der Waals surface area contributed by atoms with Crippen molar-refractivity contribution in [1.82, 2.24) is 9.88 Å². The molecule has 1 fully saturated rings. The van der Waals surface area contributed by atoms with E-state index in [0.29, 0.717) is 11.8 Å². The van der Waals surface area contributed by atoms with E-state index < -0.39 is 0 Å². The molecule has 0 saturated carbocycles. The molecule has 0 spiro atoms. The third-order valence-electron chi connectivity index (χ3n) is 5.63. The molecule has 112 valence electrons. The van der Waals surface area contributed by atoms with E-state index in [9.17, 15) is 4.79 Å². The number of rotatable bonds is 0. The number of carbonyl (C=O) groups excluding carboxylic acids is 1. The van der Waals surface area contributed by atoms with Gasteiger partial charge in [-0.2, -0.15) is 0 Å². The standard InChI is InChI=1S/C18H17ClN2O/c19-10-5-6-13-14(9-10)17-16-12(7-8-21(17)18(13)22)11-3-1-2-4-15(11)20-16/h1-5,13-14,17,20H,6-9H2/t13-,14+,17-/m1/s1. The minimum absolute atomic E-state index is 0.116. The molecule has 1 aliphatic carbocycles. The SMILES string of the molecule is O=C1[C@@H]2CC=C(Cl)C[C@@H]2[C@@H]2c3[nH]c4ccccc4c3CCN12. The minimum atomic E-state index is 0.116. The molecule has 3 heterocycles. The third-order valence-corrected chi connectivity index (χ3v) is 5.94. The number of para-hydroxylation sites is 1. The highest BCUT2D eigenvalue weighted by Gasteiger charge is 2.51. The Morgan fingerprint density at radius 2 is 2.14 bits per heavy atom. The van der Waals surface area contributed by atoms with Crippen LogP contribution in [0, 0.1) is 11.8 Å². The monoisotopic (exact) mass is 312 g/mol. The first-order chi connectivity index (χ1) is 10.7. The number of aromatic amines is 1. The van der Waals surface area contributed by atoms with Gasteiger partial charge in [-0.25, -0.2) is 0 Å². The zero-order valence-corrected chi connectivity index (χ0v) is 12.9. The van der Waals surface area contributed by atoms with Crippen molar-refractivity contribution < 1.29 is 4.79 Å². The summed E-state index contributed by atoms with van der Waals surface area (Å²) in [4.78, 5) is 18.4. The van der Waals surface area contributed by atoms with Crippen LogP contribution in [0.15, 0.2) is 35.4 Å². The molecule has 3 atom stereocenters. The molecule has 1 amide bonds. The van der Waals surface area contributed by atoms with Crippen LogP contribution in [-0.2, 0) is 11.2 Å². The summed E-state index contributed by atoms with van der Waals surface area (Å²) in [5.41, 5.74) is 3.83. The smallest absolute Gasteiger partial charge is 0.226 e. The molecule has 0 radical (unpaired) electrons. The van der Waals surface area contributed by atoms with Crippen molar-refractivity contribution in [3.63, 3.8) is 0 Å². The number of hydrogen-bond donors (Lipinski definition) is 1. The number of nitrogens with zero attached hydrogens (tertiary/aromatic N) is 1. The fourth-order valence-electron chi connectivity index (χ4n) is 4.67. The maximum absolute atomic E-state index is 12.7. The molecule has 1 N–H and O–H groups in total. The van der Waals surface area contributed by atoms with Crippen LogP contribution in [0.25, 0.3) is 10.9 Å². The number of halogens is 1. The van der Waals surface area contributed by atoms with Gasteiger partial charge in [-0.1, -0.05) is 35.9 Å². The normalized spacial score (nSPS) is 30.0. The molecule has 1 aromatic carbocycles. The number of allylic oxidation sites excluding steroid dienone is 2. The lowest BCUT2D eigenvalue weighted by Crippen LogP contribution is -2.35. The summed E-state index contributed by atoms with van der Waals surface area (Å²) in [5, 5.41) is 2.23. The Bertz CT molecular complexity index is 822. The lowest BCUT2D eigenvalue weighted by molar-refractivity contribution is -0.132. The van der Waals surface area contributed by atoms with Gasteiger partial charge in [-0.3, -0.25) is 4.79 Å². The largest absolute Gasteiger partial charge is 0.356 e. The van der Waals surface area contributed by atoms with Crippen LogP contribution in [0.5, 0.6) is 0 Å². The number of hydrogen-bond acceptors (Lipinski definition) is 1. The molecule has 3 aliphatic rings. The van der Waals surface area contributed by atoms with E-state index in [1.807, 2.05) is 6.08 Å². The van der Waals surface area contributed by atoms with Crippen molar-refractivity contribution in [3.05, 3.63) is 46.6 Å². The molecule has 2 aliphatic heterocycles. The Kier molecular flexibility index (Phi) is 2.55. The van der Waals surface area contributed by atoms with E-state index in [1.54, 1.807) is 0 Å². The highest BCUT2D eigenvalue weighted by Crippen LogP contribution is 2.51. The first-order valence-electron chi connectivity index (χ1n) is 7.98. The van der Waals surface area contributed by atoms with Gasteiger partial charge >= 0.3 is 0 Å². The molecule has 0 unspecified atom stereocenters. The van der Waals surface area contributed by atoms with Crippen molar-refractivity contribution in [2.45, 2.75) is 25.3 Å². The van der Waals surface area contributed by atoms with E-state index in [4.69, 9.17) is 11.6 Å². The number of H-pyrrole nitrogens is 1. The minimum Gasteiger partial charge on any atom is -0.356 e. The fourth-order valence-corrected chi connectivity index (χ4v) is 4.94. The second kappa shape index (κ2) is 4.39. The van der Waals surface area contributed by atoms with E-state index >= 15 is 0 Å². The molecular weight excluding hydrogens is 296 g/mol. The van der Waals surface area contributed by atoms with Gasteiger partial charge < -0.3 is 9.88 Å². The van der Waals surface area contributed by atoms with Crippen LogP contribution in [-0.4, -0.2) is 22.3 Å². The highest BCUT2D eigenvalue weighted by molar-refractivity contribution is 6.29. The van der Waals surface area contributed by atoms with E-state index in [0.717, 1.165) is 30.8 Å². The summed E-state index contributed by atoms with van der Waals surface area (Å²) >= 11 is 6.29. The van der Waals surface area contributed by atoms with Gasteiger partial charge in [0.2, 0.25) is 5.91 Å². The zero-order chi connectivity index (χ0) is 14.8. The summed E-state index contributed by atoms with van der Waals surface area (Å²) in [5.74, 6) is 0.752. The number of nitrogens with one attached hydrogen (secondary N) is 1. The van der Waals surface area contributed by atoms with Gasteiger partial charge in [0.25, 0.3) is 0 Å². The van der Waals surface area contributed by atoms with Crippen LogP contribution >= 0.6 is 11.6 Å². The summed E-state index contributed by atoms with van der Waals surface area (Å²) < 4.78 is 0. The summed E-state index contributed by atoms with van der Waals surface area (Å²) in [6.45, 7) is 0.836. The summed E-state index contributed by atoms with van der Waals surface area (Å²) in [6.07, 6.45) is 4.60. The van der Waals surface area contributed by atoms with Gasteiger partial charge in [0.15, 0.2) is 0 Å². The summed E-state index contributed by atoms with van der Waals surface area (Å²) in [6, 6.07) is 8.63. The van der Waals surface area contributed by atoms with E-state index in [1.165, 1.54) is 22.2 Å². The first-order valence-corrected chi connectivity index (χ1v) is 8.36. The maximum Gasteiger partial charge on any atom is 0.226 e. The Balaban J connectivity index is 1.69. The number of carbonyl (C=O) groups is 1. The van der Waals surface area contributed by atoms with Gasteiger partial charge in [-0.15, -0.1) is 0 Å². The van der Waals surface area contributed by atoms with Gasteiger partial charge in [0.1, 0.15) is 0 Å². The Morgan fingerprint density at radius 3 is 3.05 bits per heavy atom. The Hall–Kier alpha value is -1.74. The zero-order valence-electron chi connectivity index (χ0n) is 12.2. The summed E-state index contributed by atoms with van der Waals surface area (Å²) in [7, 11) is 0. The first kappa shape index (κ1) is 12.8. The number of amides is 1. The molecule has 1 aromatic heterocycles. The highest BCUT2D eigenvalue weighted by atomic mass is 35.5. The molecule has 0 bridgehead atoms. The molecule has 4 heteroatoms. The van der Waals surface area contributed by atoms with Gasteiger partial charge in [0.05, 0.1) is 6.04 Å². The molecule has 1 saturated heterocycles. The van der Waals surface area contributed by atoms with Gasteiger partial charge in [0, 0.05) is 40.0 Å². The van der Waals surface area contributed by atoms with Crippen molar-refractivity contribution in [1.29, 1.82) is 0 Å². The van der Waals surface area contributed by atoms with E-state index in [-0.39, 0.29) is 12.0 Å². The molecule has 22 heavy (non-hydrogen) atoms. The third kappa shape index (κ3) is 1.55. The van der Waals surface area contributed by atoms with Crippen molar-refractivity contribution >= 4 is 28.4 Å². The quantitative estimate of drug-likeness (QED) is 0.790. The average Bonchev–Trinajstić information content (AvgIpc) is 3.03. The Labute approximate surface area is 133 Å². The Morgan fingerprint density at radius 1 is 1.27 bits per heavy atom. The molecule has 3 nitrogen and oxygen atoms in total. The van der Waals surface area contributed by atoms with Crippen LogP contribution in [0.2, 0.25) is 0 Å². The van der Waals surface area contributed by atoms with Crippen LogP contribution in [0.3, 0.4) is 0 Å². The van der Waals surface area contributed by atoms with Gasteiger partial charge in [-0.05, 0) is 30.9 Å². The predicted molar refractivity (Wildman–Crippen MR) is 86.6 cm³/mol. The number of aromatic nitrogens is 1. The van der Waals surface area contributed by atoms with Crippen LogP contribution < -0.4 is 0 Å². The van der Waals surface area contributed by atoms with Crippen molar-refractivity contribution in [2.75, 3.05) is 6.54 Å². The van der Waals surface area contributed by atoms with E-state index in [2.05, 4.69) is 34.1 Å². The van der Waals surface area contributed by atoms with Crippen molar-refractivity contribution in [3.8, 4) is 0 Å². The number of fused-ring (bicyclic) bond motifs is 7. The van der Waals surface area contributed by atoms with Crippen LogP contribution in [0.4, 0.5) is 0 Å². The fraction of sp³-hybridized carbons (Fsp3) is 0.389. The lowest BCUT2D eigenvalue weighted by atomic mass is 9.79. The molecule has 2 aromatic rings. The topological polar surface area (TPSA) is 36.1 Å². The second-order valence-electron chi connectivity index (χ2n) is 6.65. The number of benzene rings is 1. The van der Waals surface area contributed by atoms with Crippen molar-refractivity contribution in [2.24, 2.45) is 11.8 Å². The van der Waals surface area contributed by atoms with Crippen LogP contribution in [0.1, 0.15) is 30.1 Å². The maximum atomic E-state index is 12.7. The molecule has 5 rings (SSSR count). The molecular formula is C18H17ClN2O.